The summed E-state index contributed by atoms with van der Waals surface area (Å²) in [4.78, 5) is 24.1. The second-order valence-electron chi connectivity index (χ2n) is 8.95. The minimum absolute atomic E-state index is 0.0154. The molecule has 2 fully saturated rings. The topological polar surface area (TPSA) is 70.2 Å². The summed E-state index contributed by atoms with van der Waals surface area (Å²) in [7, 11) is 0. The summed E-state index contributed by atoms with van der Waals surface area (Å²) in [5, 5.41) is 8.59. The van der Waals surface area contributed by atoms with Crippen LogP contribution in [0.1, 0.15) is 63.5 Å². The van der Waals surface area contributed by atoms with E-state index in [1.807, 2.05) is 0 Å². The molecular weight excluding hydrogens is 350 g/mol. The van der Waals surface area contributed by atoms with Crippen LogP contribution in [-0.2, 0) is 11.2 Å². The molecule has 0 unspecified atom stereocenters. The number of fused-ring (bicyclic) bond motifs is 2. The molecule has 154 valence electrons. The fourth-order valence-corrected chi connectivity index (χ4v) is 4.91. The van der Waals surface area contributed by atoms with E-state index >= 15 is 0 Å². The molecule has 0 radical (unpaired) electrons. The predicted molar refractivity (Wildman–Crippen MR) is 112 cm³/mol. The van der Waals surface area contributed by atoms with Crippen LogP contribution in [0.15, 0.2) is 24.3 Å². The van der Waals surface area contributed by atoms with Gasteiger partial charge in [-0.3, -0.25) is 4.79 Å². The molecule has 2 aliphatic carbocycles. The van der Waals surface area contributed by atoms with Gasteiger partial charge in [0.05, 0.1) is 6.54 Å². The highest BCUT2D eigenvalue weighted by Crippen LogP contribution is 2.49. The summed E-state index contributed by atoms with van der Waals surface area (Å²) in [6.45, 7) is 7.04. The van der Waals surface area contributed by atoms with E-state index in [4.69, 9.17) is 0 Å². The lowest BCUT2D eigenvalue weighted by Crippen LogP contribution is -2.47. The number of hydrogen-bond acceptors (Lipinski definition) is 2. The Morgan fingerprint density at radius 3 is 2.39 bits per heavy atom. The van der Waals surface area contributed by atoms with E-state index in [1.165, 1.54) is 36.8 Å². The van der Waals surface area contributed by atoms with Crippen molar-refractivity contribution in [3.63, 3.8) is 0 Å². The molecule has 0 heterocycles. The fourth-order valence-electron chi connectivity index (χ4n) is 4.91. The summed E-state index contributed by atoms with van der Waals surface area (Å²) < 4.78 is 0. The number of rotatable bonds is 8. The lowest BCUT2D eigenvalue weighted by molar-refractivity contribution is -0.120. The molecule has 3 N–H and O–H groups in total. The Morgan fingerprint density at radius 1 is 1.04 bits per heavy atom. The molecule has 2 saturated carbocycles. The van der Waals surface area contributed by atoms with Crippen LogP contribution in [0, 0.1) is 17.8 Å². The maximum absolute atomic E-state index is 12.1. The quantitative estimate of drug-likeness (QED) is 0.640. The van der Waals surface area contributed by atoms with Gasteiger partial charge in [0.2, 0.25) is 5.91 Å². The van der Waals surface area contributed by atoms with Crippen LogP contribution >= 0.6 is 0 Å². The van der Waals surface area contributed by atoms with E-state index in [0.717, 1.165) is 18.3 Å². The molecule has 5 nitrogen and oxygen atoms in total. The Morgan fingerprint density at radius 2 is 1.79 bits per heavy atom. The average Bonchev–Trinajstić information content (AvgIpc) is 3.30. The molecule has 3 rings (SSSR count). The first-order chi connectivity index (χ1) is 13.4. The highest BCUT2D eigenvalue weighted by atomic mass is 16.2. The van der Waals surface area contributed by atoms with Crippen molar-refractivity contribution in [2.45, 2.75) is 64.8 Å². The molecule has 0 aliphatic heterocycles. The Balaban J connectivity index is 1.30. The first-order valence-electron chi connectivity index (χ1n) is 10.8. The molecule has 0 aromatic heterocycles. The van der Waals surface area contributed by atoms with Crippen molar-refractivity contribution < 1.29 is 9.59 Å². The lowest BCUT2D eigenvalue weighted by atomic mass is 9.84. The van der Waals surface area contributed by atoms with E-state index in [-0.39, 0.29) is 24.5 Å². The summed E-state index contributed by atoms with van der Waals surface area (Å²) >= 11 is 0. The maximum Gasteiger partial charge on any atom is 0.315 e. The van der Waals surface area contributed by atoms with Gasteiger partial charge >= 0.3 is 6.03 Å². The van der Waals surface area contributed by atoms with Gasteiger partial charge in [-0.1, -0.05) is 44.5 Å². The van der Waals surface area contributed by atoms with Gasteiger partial charge in [0, 0.05) is 12.6 Å². The van der Waals surface area contributed by atoms with Crippen LogP contribution < -0.4 is 16.0 Å². The zero-order chi connectivity index (χ0) is 20.1. The summed E-state index contributed by atoms with van der Waals surface area (Å²) in [6.07, 6.45) is 6.04. The van der Waals surface area contributed by atoms with Crippen molar-refractivity contribution in [2.75, 3.05) is 13.1 Å². The number of carbonyl (C=O) groups excluding carboxylic acids is 2. The van der Waals surface area contributed by atoms with Crippen LogP contribution in [0.25, 0.3) is 0 Å². The Hall–Kier alpha value is -2.04. The molecule has 1 aromatic rings. The minimum atomic E-state index is -0.241. The van der Waals surface area contributed by atoms with Gasteiger partial charge in [-0.2, -0.15) is 0 Å². The van der Waals surface area contributed by atoms with Crippen molar-refractivity contribution in [1.82, 2.24) is 16.0 Å². The smallest absolute Gasteiger partial charge is 0.315 e. The highest BCUT2D eigenvalue weighted by Gasteiger charge is 2.42. The summed E-state index contributed by atoms with van der Waals surface area (Å²) in [6, 6.07) is 8.45. The van der Waals surface area contributed by atoms with Gasteiger partial charge in [0.15, 0.2) is 0 Å². The number of benzene rings is 1. The fraction of sp³-hybridized carbons (Fsp3) is 0.652. The highest BCUT2D eigenvalue weighted by molar-refractivity contribution is 5.83. The van der Waals surface area contributed by atoms with E-state index in [1.54, 1.807) is 0 Å². The Bertz CT molecular complexity index is 671. The Labute approximate surface area is 169 Å². The normalized spacial score (nSPS) is 24.2. The molecule has 2 aliphatic rings. The van der Waals surface area contributed by atoms with Crippen molar-refractivity contribution in [3.05, 3.63) is 35.4 Å². The number of hydrogen-bond donors (Lipinski definition) is 3. The molecule has 1 aromatic carbocycles. The van der Waals surface area contributed by atoms with E-state index in [2.05, 4.69) is 61.0 Å². The third kappa shape index (κ3) is 5.49. The second-order valence-corrected chi connectivity index (χ2v) is 8.95. The van der Waals surface area contributed by atoms with Gasteiger partial charge in [-0.15, -0.1) is 0 Å². The first-order valence-corrected chi connectivity index (χ1v) is 10.8. The number of nitrogens with one attached hydrogen (secondary N) is 3. The molecular formula is C23H35N3O2. The Kier molecular flexibility index (Phi) is 6.97. The van der Waals surface area contributed by atoms with Crippen LogP contribution in [0.5, 0.6) is 0 Å². The van der Waals surface area contributed by atoms with Crippen molar-refractivity contribution in [2.24, 2.45) is 17.8 Å². The SMILES string of the molecule is CC(C)c1ccc(CCNC(=O)CNC(=O)N[C@H](C)[C@@H]2C[C@H]3CC[C@H]2C3)cc1. The van der Waals surface area contributed by atoms with E-state index in [9.17, 15) is 9.59 Å². The van der Waals surface area contributed by atoms with Gasteiger partial charge in [-0.05, 0) is 67.4 Å². The number of amides is 3. The first kappa shape index (κ1) is 20.7. The van der Waals surface area contributed by atoms with Gasteiger partial charge in [-0.25, -0.2) is 4.79 Å². The standard InChI is InChI=1S/C23H35N3O2/c1-15(2)19-7-4-17(5-8-19)10-11-24-22(27)14-25-23(28)26-16(3)21-13-18-6-9-20(21)12-18/h4-5,7-8,15-16,18,20-21H,6,9-14H2,1-3H3,(H,24,27)(H2,25,26,28)/t16-,18+,20+,21+/m1/s1. The number of carbonyl (C=O) groups is 2. The summed E-state index contributed by atoms with van der Waals surface area (Å²) in [5.74, 6) is 2.62. The largest absolute Gasteiger partial charge is 0.354 e. The van der Waals surface area contributed by atoms with Gasteiger partial charge in [0.25, 0.3) is 0 Å². The third-order valence-electron chi connectivity index (χ3n) is 6.59. The zero-order valence-electron chi connectivity index (χ0n) is 17.5. The van der Waals surface area contributed by atoms with Gasteiger partial charge < -0.3 is 16.0 Å². The van der Waals surface area contributed by atoms with Crippen LogP contribution in [-0.4, -0.2) is 31.1 Å². The molecule has 0 spiro atoms. The van der Waals surface area contributed by atoms with Crippen molar-refractivity contribution >= 4 is 11.9 Å². The van der Waals surface area contributed by atoms with Crippen molar-refractivity contribution in [3.8, 4) is 0 Å². The third-order valence-corrected chi connectivity index (χ3v) is 6.59. The second kappa shape index (κ2) is 9.44. The van der Waals surface area contributed by atoms with E-state index < -0.39 is 0 Å². The molecule has 3 amide bonds. The maximum atomic E-state index is 12.1. The lowest BCUT2D eigenvalue weighted by Gasteiger charge is -2.28. The minimum Gasteiger partial charge on any atom is -0.354 e. The zero-order valence-corrected chi connectivity index (χ0v) is 17.5. The molecule has 28 heavy (non-hydrogen) atoms. The molecule has 5 heteroatoms. The molecule has 0 saturated heterocycles. The molecule has 4 atom stereocenters. The van der Waals surface area contributed by atoms with Crippen LogP contribution in [0.3, 0.4) is 0 Å². The number of urea groups is 1. The van der Waals surface area contributed by atoms with E-state index in [0.29, 0.717) is 18.4 Å². The molecule has 2 bridgehead atoms. The monoisotopic (exact) mass is 385 g/mol. The van der Waals surface area contributed by atoms with Crippen molar-refractivity contribution in [1.29, 1.82) is 0 Å². The summed E-state index contributed by atoms with van der Waals surface area (Å²) in [5.41, 5.74) is 2.53. The van der Waals surface area contributed by atoms with Crippen LogP contribution in [0.4, 0.5) is 4.79 Å². The van der Waals surface area contributed by atoms with Gasteiger partial charge in [0.1, 0.15) is 0 Å². The predicted octanol–water partition coefficient (Wildman–Crippen LogP) is 3.59. The van der Waals surface area contributed by atoms with Crippen LogP contribution in [0.2, 0.25) is 0 Å². The average molecular weight is 386 g/mol.